The minimum Gasteiger partial charge on any atom is -0.478 e. The van der Waals surface area contributed by atoms with Crippen LogP contribution in [0.15, 0.2) is 0 Å². The van der Waals surface area contributed by atoms with Crippen LogP contribution in [0.25, 0.3) is 0 Å². The molecule has 0 saturated heterocycles. The van der Waals surface area contributed by atoms with Gasteiger partial charge in [0.05, 0.1) is 11.4 Å². The van der Waals surface area contributed by atoms with Crippen LogP contribution in [-0.2, 0) is 18.4 Å². The average molecular weight is 278 g/mol. The van der Waals surface area contributed by atoms with E-state index in [9.17, 15) is 9.90 Å². The summed E-state index contributed by atoms with van der Waals surface area (Å²) in [6, 6.07) is 0. The molecule has 4 nitrogen and oxygen atoms in total. The van der Waals surface area contributed by atoms with E-state index in [1.807, 2.05) is 25.5 Å². The summed E-state index contributed by atoms with van der Waals surface area (Å²) in [4.78, 5) is 11.7. The zero-order valence-corrected chi connectivity index (χ0v) is 12.9. The number of aryl methyl sites for hydroxylation is 1. The van der Waals surface area contributed by atoms with Gasteiger partial charge in [0.15, 0.2) is 0 Å². The summed E-state index contributed by atoms with van der Waals surface area (Å²) in [6.07, 6.45) is 7.95. The van der Waals surface area contributed by atoms with Crippen LogP contribution in [0.5, 0.6) is 0 Å². The Labute approximate surface area is 121 Å². The fourth-order valence-electron chi connectivity index (χ4n) is 2.95. The quantitative estimate of drug-likeness (QED) is 0.850. The molecule has 2 rings (SSSR count). The van der Waals surface area contributed by atoms with Crippen LogP contribution in [0.1, 0.15) is 81.0 Å². The summed E-state index contributed by atoms with van der Waals surface area (Å²) in [7, 11) is 0. The van der Waals surface area contributed by atoms with Crippen molar-refractivity contribution >= 4 is 5.97 Å². The summed E-state index contributed by atoms with van der Waals surface area (Å²) in [5.41, 5.74) is 1.90. The Bertz CT molecular complexity index is 483. The van der Waals surface area contributed by atoms with E-state index in [0.29, 0.717) is 5.56 Å². The van der Waals surface area contributed by atoms with Crippen molar-refractivity contribution in [2.24, 2.45) is 0 Å². The van der Waals surface area contributed by atoms with Gasteiger partial charge in [0.2, 0.25) is 0 Å². The minimum atomic E-state index is -0.826. The van der Waals surface area contributed by atoms with Crippen LogP contribution in [0.4, 0.5) is 0 Å². The van der Waals surface area contributed by atoms with Gasteiger partial charge >= 0.3 is 5.97 Å². The molecule has 0 unspecified atom stereocenters. The first kappa shape index (κ1) is 15.1. The number of carboxylic acid groups (broad SMARTS) is 1. The SMILES string of the molecule is CC(C)(C)c1nn2c(c1C(=O)O)CCCCCCCC2. The second-order valence-corrected chi connectivity index (χ2v) is 6.82. The van der Waals surface area contributed by atoms with Gasteiger partial charge in [-0.05, 0) is 19.3 Å². The first-order valence-electron chi connectivity index (χ1n) is 7.74. The second-order valence-electron chi connectivity index (χ2n) is 6.82. The fraction of sp³-hybridized carbons (Fsp3) is 0.750. The smallest absolute Gasteiger partial charge is 0.339 e. The maximum atomic E-state index is 11.7. The second kappa shape index (κ2) is 5.98. The van der Waals surface area contributed by atoms with Gasteiger partial charge in [0, 0.05) is 12.0 Å². The van der Waals surface area contributed by atoms with Crippen molar-refractivity contribution < 1.29 is 9.90 Å². The first-order valence-corrected chi connectivity index (χ1v) is 7.74. The zero-order valence-electron chi connectivity index (χ0n) is 12.9. The van der Waals surface area contributed by atoms with Gasteiger partial charge in [0.25, 0.3) is 0 Å². The Balaban J connectivity index is 2.46. The van der Waals surface area contributed by atoms with E-state index in [1.165, 1.54) is 25.7 Å². The van der Waals surface area contributed by atoms with E-state index in [0.717, 1.165) is 37.2 Å². The van der Waals surface area contributed by atoms with Gasteiger partial charge in [-0.2, -0.15) is 5.10 Å². The van der Waals surface area contributed by atoms with Gasteiger partial charge < -0.3 is 5.11 Å². The molecule has 1 aromatic heterocycles. The molecular formula is C16H26N2O2. The zero-order chi connectivity index (χ0) is 14.8. The summed E-state index contributed by atoms with van der Waals surface area (Å²) in [5, 5.41) is 14.3. The summed E-state index contributed by atoms with van der Waals surface area (Å²) < 4.78 is 1.97. The minimum absolute atomic E-state index is 0.228. The van der Waals surface area contributed by atoms with Gasteiger partial charge in [0.1, 0.15) is 5.56 Å². The third-order valence-electron chi connectivity index (χ3n) is 4.02. The number of hydrogen-bond acceptors (Lipinski definition) is 2. The fourth-order valence-corrected chi connectivity index (χ4v) is 2.95. The highest BCUT2D eigenvalue weighted by Gasteiger charge is 2.30. The van der Waals surface area contributed by atoms with Crippen LogP contribution in [0.3, 0.4) is 0 Å². The molecule has 0 aliphatic carbocycles. The van der Waals surface area contributed by atoms with Crippen molar-refractivity contribution in [1.82, 2.24) is 9.78 Å². The van der Waals surface area contributed by atoms with Crippen molar-refractivity contribution in [3.63, 3.8) is 0 Å². The molecule has 112 valence electrons. The van der Waals surface area contributed by atoms with Crippen LogP contribution in [0.2, 0.25) is 0 Å². The molecule has 1 N–H and O–H groups in total. The van der Waals surface area contributed by atoms with E-state index >= 15 is 0 Å². The molecule has 20 heavy (non-hydrogen) atoms. The first-order chi connectivity index (χ1) is 9.41. The van der Waals surface area contributed by atoms with E-state index in [-0.39, 0.29) is 5.41 Å². The van der Waals surface area contributed by atoms with Crippen LogP contribution < -0.4 is 0 Å². The number of hydrogen-bond donors (Lipinski definition) is 1. The van der Waals surface area contributed by atoms with Gasteiger partial charge in [-0.15, -0.1) is 0 Å². The molecule has 0 atom stereocenters. The Hall–Kier alpha value is -1.32. The van der Waals surface area contributed by atoms with E-state index < -0.39 is 5.97 Å². The molecule has 2 heterocycles. The van der Waals surface area contributed by atoms with Crippen molar-refractivity contribution in [2.45, 2.75) is 77.7 Å². The lowest BCUT2D eigenvalue weighted by atomic mass is 9.88. The van der Waals surface area contributed by atoms with Crippen molar-refractivity contribution in [3.05, 3.63) is 17.0 Å². The van der Waals surface area contributed by atoms with Gasteiger partial charge in [-0.3, -0.25) is 4.68 Å². The van der Waals surface area contributed by atoms with Crippen LogP contribution in [0, 0.1) is 0 Å². The molecule has 1 aliphatic heterocycles. The summed E-state index contributed by atoms with van der Waals surface area (Å²) in [6.45, 7) is 6.96. The van der Waals surface area contributed by atoms with Crippen molar-refractivity contribution in [3.8, 4) is 0 Å². The third kappa shape index (κ3) is 3.22. The molecule has 1 aliphatic rings. The molecule has 0 amide bonds. The highest BCUT2D eigenvalue weighted by molar-refractivity contribution is 5.90. The number of carboxylic acids is 1. The molecule has 0 radical (unpaired) electrons. The lowest BCUT2D eigenvalue weighted by molar-refractivity contribution is 0.0692. The van der Waals surface area contributed by atoms with Crippen LogP contribution >= 0.6 is 0 Å². The average Bonchev–Trinajstić information content (AvgIpc) is 2.73. The third-order valence-corrected chi connectivity index (χ3v) is 4.02. The Kier molecular flexibility index (Phi) is 4.51. The number of carbonyl (C=O) groups is 1. The highest BCUT2D eigenvalue weighted by Crippen LogP contribution is 2.29. The molecule has 0 aromatic carbocycles. The highest BCUT2D eigenvalue weighted by atomic mass is 16.4. The Morgan fingerprint density at radius 3 is 2.30 bits per heavy atom. The topological polar surface area (TPSA) is 55.1 Å². The Morgan fingerprint density at radius 1 is 1.10 bits per heavy atom. The van der Waals surface area contributed by atoms with Crippen LogP contribution in [-0.4, -0.2) is 20.9 Å². The number of fused-ring (bicyclic) bond motifs is 1. The Morgan fingerprint density at radius 2 is 1.70 bits per heavy atom. The lowest BCUT2D eigenvalue weighted by Crippen LogP contribution is -2.17. The predicted molar refractivity (Wildman–Crippen MR) is 79.3 cm³/mol. The maximum Gasteiger partial charge on any atom is 0.339 e. The monoisotopic (exact) mass is 278 g/mol. The molecular weight excluding hydrogens is 252 g/mol. The molecule has 0 spiro atoms. The molecule has 0 bridgehead atoms. The standard InChI is InChI=1S/C16H26N2O2/c1-16(2,3)14-13(15(19)20)12-10-8-6-4-5-7-9-11-18(12)17-14/h4-11H2,1-3H3,(H,19,20). The van der Waals surface area contributed by atoms with Crippen molar-refractivity contribution in [2.75, 3.05) is 0 Å². The molecule has 1 aromatic rings. The lowest BCUT2D eigenvalue weighted by Gasteiger charge is -2.16. The number of aromatic nitrogens is 2. The number of nitrogens with zero attached hydrogens (tertiary/aromatic N) is 2. The van der Waals surface area contributed by atoms with Gasteiger partial charge in [-0.25, -0.2) is 4.79 Å². The number of aromatic carboxylic acids is 1. The predicted octanol–water partition coefficient (Wildman–Crippen LogP) is 3.78. The largest absolute Gasteiger partial charge is 0.478 e. The molecule has 4 heteroatoms. The molecule has 0 saturated carbocycles. The van der Waals surface area contributed by atoms with Crippen molar-refractivity contribution in [1.29, 1.82) is 0 Å². The maximum absolute atomic E-state index is 11.7. The summed E-state index contributed by atoms with van der Waals surface area (Å²) >= 11 is 0. The molecule has 0 fully saturated rings. The van der Waals surface area contributed by atoms with E-state index in [1.54, 1.807) is 0 Å². The summed E-state index contributed by atoms with van der Waals surface area (Å²) in [5.74, 6) is -0.826. The number of rotatable bonds is 1. The van der Waals surface area contributed by atoms with E-state index in [4.69, 9.17) is 0 Å². The van der Waals surface area contributed by atoms with Gasteiger partial charge in [-0.1, -0.05) is 46.5 Å². The normalized spacial score (nSPS) is 17.6. The van der Waals surface area contributed by atoms with E-state index in [2.05, 4.69) is 5.10 Å².